The first-order valence-electron chi connectivity index (χ1n) is 6.17. The number of nitrogens with zero attached hydrogens (tertiary/aromatic N) is 1. The van der Waals surface area contributed by atoms with Gasteiger partial charge in [0.05, 0.1) is 26.9 Å². The molecule has 3 rings (SSSR count). The molecule has 6 heteroatoms. The zero-order valence-corrected chi connectivity index (χ0v) is 12.5. The number of carbonyl (C=O) groups is 1. The molecule has 0 aliphatic carbocycles. The van der Waals surface area contributed by atoms with Gasteiger partial charge < -0.3 is 4.42 Å². The highest BCUT2D eigenvalue weighted by atomic mass is 35.5. The molecule has 1 aromatic carbocycles. The minimum absolute atomic E-state index is 0.249. The monoisotopic (exact) mass is 320 g/mol. The van der Waals surface area contributed by atoms with Crippen LogP contribution in [0.3, 0.4) is 0 Å². The number of rotatable bonds is 2. The molecular weight excluding hydrogens is 311 g/mol. The fourth-order valence-electron chi connectivity index (χ4n) is 2.03. The summed E-state index contributed by atoms with van der Waals surface area (Å²) < 4.78 is 5.71. The zero-order chi connectivity index (χ0) is 15.0. The van der Waals surface area contributed by atoms with E-state index in [-0.39, 0.29) is 5.91 Å². The Morgan fingerprint density at radius 1 is 1.19 bits per heavy atom. The van der Waals surface area contributed by atoms with Gasteiger partial charge in [-0.2, -0.15) is 5.10 Å². The molecular formula is C15H10Cl2N2O2. The normalized spacial score (nSPS) is 16.2. The van der Waals surface area contributed by atoms with Crippen molar-refractivity contribution in [2.75, 3.05) is 0 Å². The summed E-state index contributed by atoms with van der Waals surface area (Å²) in [6, 6.07) is 8.76. The largest absolute Gasteiger partial charge is 0.457 e. The van der Waals surface area contributed by atoms with Crippen LogP contribution in [0.2, 0.25) is 10.0 Å². The summed E-state index contributed by atoms with van der Waals surface area (Å²) in [4.78, 5) is 11.6. The van der Waals surface area contributed by atoms with Gasteiger partial charge in [-0.1, -0.05) is 29.3 Å². The standard InChI is InChI=1S/C15H10Cl2N2O2/c1-8-10(15(20)19-18-8)7-9-5-6-13(21-9)14-11(16)3-2-4-12(14)17/h2-7H,1H3,(H,19,20). The molecule has 0 atom stereocenters. The highest BCUT2D eigenvalue weighted by Gasteiger charge is 2.19. The van der Waals surface area contributed by atoms with Crippen LogP contribution in [0.1, 0.15) is 12.7 Å². The van der Waals surface area contributed by atoms with Crippen molar-refractivity contribution in [3.8, 4) is 11.3 Å². The van der Waals surface area contributed by atoms with Crippen molar-refractivity contribution in [1.82, 2.24) is 5.43 Å². The van der Waals surface area contributed by atoms with Crippen LogP contribution in [0.25, 0.3) is 17.4 Å². The second-order valence-corrected chi connectivity index (χ2v) is 5.31. The lowest BCUT2D eigenvalue weighted by atomic mass is 10.1. The third-order valence-electron chi connectivity index (χ3n) is 3.08. The van der Waals surface area contributed by atoms with Gasteiger partial charge in [0, 0.05) is 0 Å². The van der Waals surface area contributed by atoms with E-state index in [0.717, 1.165) is 0 Å². The summed E-state index contributed by atoms with van der Waals surface area (Å²) in [6.07, 6.45) is 1.63. The van der Waals surface area contributed by atoms with Gasteiger partial charge in [-0.05, 0) is 37.3 Å². The Kier molecular flexibility index (Phi) is 3.57. The Morgan fingerprint density at radius 3 is 2.52 bits per heavy atom. The topological polar surface area (TPSA) is 54.6 Å². The SMILES string of the molecule is CC1=NNC(=O)C1=Cc1ccc(-c2c(Cl)cccc2Cl)o1. The summed E-state index contributed by atoms with van der Waals surface area (Å²) in [7, 11) is 0. The maximum absolute atomic E-state index is 11.6. The lowest BCUT2D eigenvalue weighted by Gasteiger charge is -2.02. The summed E-state index contributed by atoms with van der Waals surface area (Å²) >= 11 is 12.3. The van der Waals surface area contributed by atoms with E-state index in [0.29, 0.717) is 38.4 Å². The van der Waals surface area contributed by atoms with Crippen LogP contribution >= 0.6 is 23.2 Å². The van der Waals surface area contributed by atoms with Crippen LogP contribution in [0.15, 0.2) is 45.4 Å². The molecule has 0 unspecified atom stereocenters. The zero-order valence-electron chi connectivity index (χ0n) is 11.0. The Balaban J connectivity index is 2.00. The number of carbonyl (C=O) groups excluding carboxylic acids is 1. The van der Waals surface area contributed by atoms with Crippen molar-refractivity contribution in [1.29, 1.82) is 0 Å². The first-order valence-corrected chi connectivity index (χ1v) is 6.93. The van der Waals surface area contributed by atoms with E-state index in [9.17, 15) is 4.79 Å². The van der Waals surface area contributed by atoms with Crippen LogP contribution < -0.4 is 5.43 Å². The van der Waals surface area contributed by atoms with Crippen molar-refractivity contribution in [2.45, 2.75) is 6.92 Å². The second-order valence-electron chi connectivity index (χ2n) is 4.49. The van der Waals surface area contributed by atoms with E-state index < -0.39 is 0 Å². The van der Waals surface area contributed by atoms with Crippen molar-refractivity contribution in [2.24, 2.45) is 5.10 Å². The molecule has 0 fully saturated rings. The van der Waals surface area contributed by atoms with Gasteiger partial charge in [-0.25, -0.2) is 5.43 Å². The van der Waals surface area contributed by atoms with E-state index in [1.165, 1.54) is 0 Å². The summed E-state index contributed by atoms with van der Waals surface area (Å²) in [5.41, 5.74) is 4.12. The molecule has 4 nitrogen and oxygen atoms in total. The number of hydrazone groups is 1. The lowest BCUT2D eigenvalue weighted by molar-refractivity contribution is -0.116. The fourth-order valence-corrected chi connectivity index (χ4v) is 2.61. The van der Waals surface area contributed by atoms with Crippen molar-refractivity contribution in [3.63, 3.8) is 0 Å². The molecule has 1 N–H and O–H groups in total. The Morgan fingerprint density at radius 2 is 1.90 bits per heavy atom. The Hall–Kier alpha value is -2.04. The minimum Gasteiger partial charge on any atom is -0.457 e. The predicted octanol–water partition coefficient (Wildman–Crippen LogP) is 4.14. The number of hydrogen-bond acceptors (Lipinski definition) is 3. The highest BCUT2D eigenvalue weighted by Crippen LogP contribution is 2.35. The molecule has 0 bridgehead atoms. The fraction of sp³-hybridized carbons (Fsp3) is 0.0667. The molecule has 0 radical (unpaired) electrons. The molecule has 21 heavy (non-hydrogen) atoms. The number of nitrogens with one attached hydrogen (secondary N) is 1. The third kappa shape index (κ3) is 2.60. The smallest absolute Gasteiger partial charge is 0.273 e. The van der Waals surface area contributed by atoms with Crippen LogP contribution in [0.4, 0.5) is 0 Å². The number of benzene rings is 1. The number of amides is 1. The van der Waals surface area contributed by atoms with Crippen LogP contribution in [-0.4, -0.2) is 11.6 Å². The average Bonchev–Trinajstić information content (AvgIpc) is 3.01. The van der Waals surface area contributed by atoms with Gasteiger partial charge in [0.2, 0.25) is 0 Å². The van der Waals surface area contributed by atoms with E-state index in [1.54, 1.807) is 43.3 Å². The Bertz CT molecular complexity index is 770. The molecule has 2 heterocycles. The van der Waals surface area contributed by atoms with E-state index in [2.05, 4.69) is 10.5 Å². The number of hydrogen-bond donors (Lipinski definition) is 1. The third-order valence-corrected chi connectivity index (χ3v) is 3.71. The minimum atomic E-state index is -0.249. The van der Waals surface area contributed by atoms with Crippen molar-refractivity contribution in [3.05, 3.63) is 51.7 Å². The first kappa shape index (κ1) is 13.9. The predicted molar refractivity (Wildman–Crippen MR) is 83.4 cm³/mol. The lowest BCUT2D eigenvalue weighted by Crippen LogP contribution is -2.12. The molecule has 0 spiro atoms. The van der Waals surface area contributed by atoms with Crippen molar-refractivity contribution < 1.29 is 9.21 Å². The Labute approximate surface area is 131 Å². The number of halogens is 2. The molecule has 0 saturated carbocycles. The second kappa shape index (κ2) is 5.39. The number of furan rings is 1. The van der Waals surface area contributed by atoms with E-state index in [4.69, 9.17) is 27.6 Å². The maximum atomic E-state index is 11.6. The molecule has 1 aliphatic heterocycles. The van der Waals surface area contributed by atoms with Crippen LogP contribution in [0, 0.1) is 0 Å². The summed E-state index contributed by atoms with van der Waals surface area (Å²) in [6.45, 7) is 1.75. The van der Waals surface area contributed by atoms with Gasteiger partial charge in [0.15, 0.2) is 0 Å². The maximum Gasteiger partial charge on any atom is 0.273 e. The van der Waals surface area contributed by atoms with Gasteiger partial charge in [-0.15, -0.1) is 0 Å². The average molecular weight is 321 g/mol. The molecule has 1 amide bonds. The van der Waals surface area contributed by atoms with Gasteiger partial charge in [-0.3, -0.25) is 4.79 Å². The van der Waals surface area contributed by atoms with Crippen molar-refractivity contribution >= 4 is 40.9 Å². The molecule has 1 aliphatic rings. The summed E-state index contributed by atoms with van der Waals surface area (Å²) in [5.74, 6) is 0.828. The molecule has 0 saturated heterocycles. The quantitative estimate of drug-likeness (QED) is 0.845. The van der Waals surface area contributed by atoms with Crippen LogP contribution in [-0.2, 0) is 4.79 Å². The van der Waals surface area contributed by atoms with Gasteiger partial charge >= 0.3 is 0 Å². The van der Waals surface area contributed by atoms with E-state index in [1.807, 2.05) is 0 Å². The van der Waals surface area contributed by atoms with Crippen LogP contribution in [0.5, 0.6) is 0 Å². The molecule has 106 valence electrons. The molecule has 2 aromatic rings. The van der Waals surface area contributed by atoms with Gasteiger partial charge in [0.25, 0.3) is 5.91 Å². The highest BCUT2D eigenvalue weighted by molar-refractivity contribution is 6.39. The molecule has 1 aromatic heterocycles. The van der Waals surface area contributed by atoms with Gasteiger partial charge in [0.1, 0.15) is 11.5 Å². The first-order chi connectivity index (χ1) is 10.1. The summed E-state index contributed by atoms with van der Waals surface area (Å²) in [5, 5.41) is 4.87. The van der Waals surface area contributed by atoms with E-state index >= 15 is 0 Å².